The third kappa shape index (κ3) is 3.16. The van der Waals surface area contributed by atoms with E-state index in [1.54, 1.807) is 0 Å². The summed E-state index contributed by atoms with van der Waals surface area (Å²) in [6, 6.07) is 16.0. The molecule has 4 nitrogen and oxygen atoms in total. The van der Waals surface area contributed by atoms with Gasteiger partial charge in [0.2, 0.25) is 11.8 Å². The van der Waals surface area contributed by atoms with Crippen LogP contribution in [0.4, 0.5) is 11.4 Å². The van der Waals surface area contributed by atoms with Gasteiger partial charge in [0.1, 0.15) is 0 Å². The SMILES string of the molecule is O=C1CCCN1c1ccc(CC(=O)N2CCCc3ccccc32)cc1. The summed E-state index contributed by atoms with van der Waals surface area (Å²) in [7, 11) is 0. The molecule has 2 aromatic carbocycles. The molecule has 0 radical (unpaired) electrons. The van der Waals surface area contributed by atoms with Crippen molar-refractivity contribution >= 4 is 23.2 Å². The Bertz CT molecular complexity index is 798. The van der Waals surface area contributed by atoms with E-state index in [1.165, 1.54) is 5.56 Å². The van der Waals surface area contributed by atoms with Crippen LogP contribution in [0.15, 0.2) is 48.5 Å². The van der Waals surface area contributed by atoms with E-state index in [0.29, 0.717) is 12.8 Å². The first kappa shape index (κ1) is 15.9. The van der Waals surface area contributed by atoms with Crippen molar-refractivity contribution in [2.45, 2.75) is 32.1 Å². The van der Waals surface area contributed by atoms with Crippen molar-refractivity contribution in [3.8, 4) is 0 Å². The Morgan fingerprint density at radius 3 is 2.44 bits per heavy atom. The second-order valence-electron chi connectivity index (χ2n) is 6.77. The summed E-state index contributed by atoms with van der Waals surface area (Å²) in [5.41, 5.74) is 4.23. The van der Waals surface area contributed by atoms with Crippen LogP contribution in [-0.2, 0) is 22.4 Å². The maximum atomic E-state index is 12.8. The number of aryl methyl sites for hydroxylation is 1. The zero-order valence-electron chi connectivity index (χ0n) is 14.3. The molecule has 25 heavy (non-hydrogen) atoms. The molecule has 2 aliphatic heterocycles. The highest BCUT2D eigenvalue weighted by Crippen LogP contribution is 2.27. The first-order chi connectivity index (χ1) is 12.2. The van der Waals surface area contributed by atoms with Gasteiger partial charge in [0.25, 0.3) is 0 Å². The summed E-state index contributed by atoms with van der Waals surface area (Å²) in [4.78, 5) is 28.4. The molecule has 4 heteroatoms. The number of para-hydroxylation sites is 1. The number of amides is 2. The minimum absolute atomic E-state index is 0.136. The number of benzene rings is 2. The Kier molecular flexibility index (Phi) is 4.26. The summed E-state index contributed by atoms with van der Waals surface area (Å²) in [5.74, 6) is 0.325. The van der Waals surface area contributed by atoms with Gasteiger partial charge in [0, 0.05) is 30.9 Å². The summed E-state index contributed by atoms with van der Waals surface area (Å²) in [5, 5.41) is 0. The molecule has 128 valence electrons. The third-order valence-corrected chi connectivity index (χ3v) is 5.09. The normalized spacial score (nSPS) is 16.9. The Morgan fingerprint density at radius 2 is 1.68 bits per heavy atom. The molecule has 0 spiro atoms. The van der Waals surface area contributed by atoms with Gasteiger partial charge in [-0.2, -0.15) is 0 Å². The molecular formula is C21H22N2O2. The molecule has 0 unspecified atom stereocenters. The van der Waals surface area contributed by atoms with E-state index in [2.05, 4.69) is 6.07 Å². The van der Waals surface area contributed by atoms with E-state index in [4.69, 9.17) is 0 Å². The van der Waals surface area contributed by atoms with E-state index < -0.39 is 0 Å². The molecule has 0 bridgehead atoms. The van der Waals surface area contributed by atoms with Crippen LogP contribution >= 0.6 is 0 Å². The number of hydrogen-bond acceptors (Lipinski definition) is 2. The third-order valence-electron chi connectivity index (χ3n) is 5.09. The average molecular weight is 334 g/mol. The lowest BCUT2D eigenvalue weighted by molar-refractivity contribution is -0.118. The Balaban J connectivity index is 1.47. The monoisotopic (exact) mass is 334 g/mol. The topological polar surface area (TPSA) is 40.6 Å². The van der Waals surface area contributed by atoms with Gasteiger partial charge in [0.05, 0.1) is 6.42 Å². The fourth-order valence-corrected chi connectivity index (χ4v) is 3.78. The van der Waals surface area contributed by atoms with Crippen molar-refractivity contribution in [3.63, 3.8) is 0 Å². The second-order valence-corrected chi connectivity index (χ2v) is 6.77. The standard InChI is InChI=1S/C21H22N2O2/c24-20-8-4-13-22(20)18-11-9-16(10-12-18)15-21(25)23-14-3-6-17-5-1-2-7-19(17)23/h1-2,5,7,9-12H,3-4,6,8,13-15H2. The number of carbonyl (C=O) groups excluding carboxylic acids is 2. The Hall–Kier alpha value is -2.62. The van der Waals surface area contributed by atoms with E-state index in [-0.39, 0.29) is 11.8 Å². The molecule has 0 aromatic heterocycles. The maximum Gasteiger partial charge on any atom is 0.231 e. The molecule has 1 fully saturated rings. The number of anilines is 2. The highest BCUT2D eigenvalue weighted by molar-refractivity contribution is 5.97. The van der Waals surface area contributed by atoms with E-state index >= 15 is 0 Å². The largest absolute Gasteiger partial charge is 0.312 e. The lowest BCUT2D eigenvalue weighted by atomic mass is 10.0. The van der Waals surface area contributed by atoms with Gasteiger partial charge in [-0.25, -0.2) is 0 Å². The van der Waals surface area contributed by atoms with Crippen molar-refractivity contribution in [2.24, 2.45) is 0 Å². The molecule has 0 N–H and O–H groups in total. The predicted molar refractivity (Wildman–Crippen MR) is 98.8 cm³/mol. The van der Waals surface area contributed by atoms with Gasteiger partial charge in [-0.1, -0.05) is 30.3 Å². The molecule has 0 saturated carbocycles. The van der Waals surface area contributed by atoms with Gasteiger partial charge in [-0.05, 0) is 48.6 Å². The van der Waals surface area contributed by atoms with Gasteiger partial charge in [-0.15, -0.1) is 0 Å². The molecule has 0 atom stereocenters. The maximum absolute atomic E-state index is 12.8. The van der Waals surface area contributed by atoms with Gasteiger partial charge in [-0.3, -0.25) is 9.59 Å². The van der Waals surface area contributed by atoms with Crippen LogP contribution in [0.2, 0.25) is 0 Å². The fraction of sp³-hybridized carbons (Fsp3) is 0.333. The molecule has 2 aliphatic rings. The number of nitrogens with zero attached hydrogens (tertiary/aromatic N) is 2. The van der Waals surface area contributed by atoms with E-state index in [1.807, 2.05) is 52.3 Å². The smallest absolute Gasteiger partial charge is 0.231 e. The van der Waals surface area contributed by atoms with Crippen molar-refractivity contribution in [2.75, 3.05) is 22.9 Å². The summed E-state index contributed by atoms with van der Waals surface area (Å²) in [6.45, 7) is 1.58. The van der Waals surface area contributed by atoms with E-state index in [9.17, 15) is 9.59 Å². The molecular weight excluding hydrogens is 312 g/mol. The lowest BCUT2D eigenvalue weighted by Crippen LogP contribution is -2.36. The molecule has 1 saturated heterocycles. The fourth-order valence-electron chi connectivity index (χ4n) is 3.78. The zero-order chi connectivity index (χ0) is 17.2. The van der Waals surface area contributed by atoms with Crippen LogP contribution in [0.1, 0.15) is 30.4 Å². The van der Waals surface area contributed by atoms with Crippen LogP contribution in [0.5, 0.6) is 0 Å². The minimum atomic E-state index is 0.136. The van der Waals surface area contributed by atoms with Gasteiger partial charge < -0.3 is 9.80 Å². The summed E-state index contributed by atoms with van der Waals surface area (Å²) in [6.07, 6.45) is 4.00. The van der Waals surface area contributed by atoms with Gasteiger partial charge in [0.15, 0.2) is 0 Å². The van der Waals surface area contributed by atoms with Crippen molar-refractivity contribution in [3.05, 3.63) is 59.7 Å². The molecule has 4 rings (SSSR count). The molecule has 2 heterocycles. The van der Waals surface area contributed by atoms with Crippen LogP contribution < -0.4 is 9.80 Å². The highest BCUT2D eigenvalue weighted by atomic mass is 16.2. The lowest BCUT2D eigenvalue weighted by Gasteiger charge is -2.29. The van der Waals surface area contributed by atoms with Crippen LogP contribution in [0.25, 0.3) is 0 Å². The van der Waals surface area contributed by atoms with Crippen molar-refractivity contribution in [1.29, 1.82) is 0 Å². The van der Waals surface area contributed by atoms with Crippen molar-refractivity contribution < 1.29 is 9.59 Å². The predicted octanol–water partition coefficient (Wildman–Crippen LogP) is 3.34. The van der Waals surface area contributed by atoms with E-state index in [0.717, 1.165) is 49.3 Å². The highest BCUT2D eigenvalue weighted by Gasteiger charge is 2.23. The molecule has 0 aliphatic carbocycles. The zero-order valence-corrected chi connectivity index (χ0v) is 14.3. The Labute approximate surface area is 148 Å². The number of rotatable bonds is 3. The molecule has 2 amide bonds. The second kappa shape index (κ2) is 6.71. The van der Waals surface area contributed by atoms with Crippen LogP contribution in [0, 0.1) is 0 Å². The average Bonchev–Trinajstić information content (AvgIpc) is 3.08. The number of carbonyl (C=O) groups is 2. The van der Waals surface area contributed by atoms with Crippen LogP contribution in [0.3, 0.4) is 0 Å². The quantitative estimate of drug-likeness (QED) is 0.864. The number of hydrogen-bond donors (Lipinski definition) is 0. The van der Waals surface area contributed by atoms with Crippen molar-refractivity contribution in [1.82, 2.24) is 0 Å². The minimum Gasteiger partial charge on any atom is -0.312 e. The summed E-state index contributed by atoms with van der Waals surface area (Å²) < 4.78 is 0. The number of fused-ring (bicyclic) bond motifs is 1. The first-order valence-electron chi connectivity index (χ1n) is 9.00. The van der Waals surface area contributed by atoms with Gasteiger partial charge >= 0.3 is 0 Å². The summed E-state index contributed by atoms with van der Waals surface area (Å²) >= 11 is 0. The van der Waals surface area contributed by atoms with Crippen LogP contribution in [-0.4, -0.2) is 24.9 Å². The Morgan fingerprint density at radius 1 is 0.920 bits per heavy atom. The molecule has 2 aromatic rings. The first-order valence-corrected chi connectivity index (χ1v) is 9.00.